The van der Waals surface area contributed by atoms with Crippen LogP contribution in [0.5, 0.6) is 5.75 Å². The van der Waals surface area contributed by atoms with Crippen LogP contribution in [0.1, 0.15) is 41.6 Å². The third-order valence-corrected chi connectivity index (χ3v) is 3.75. The van der Waals surface area contributed by atoms with E-state index >= 15 is 0 Å². The number of aromatic nitrogens is 2. The Morgan fingerprint density at radius 1 is 1.41 bits per heavy atom. The first-order chi connectivity index (χ1) is 10.6. The van der Waals surface area contributed by atoms with Crippen molar-refractivity contribution in [1.82, 2.24) is 9.55 Å². The van der Waals surface area contributed by atoms with Gasteiger partial charge in [-0.3, -0.25) is 0 Å². The summed E-state index contributed by atoms with van der Waals surface area (Å²) >= 11 is 6.02. The van der Waals surface area contributed by atoms with Crippen LogP contribution in [0.3, 0.4) is 0 Å². The first-order valence-corrected chi connectivity index (χ1v) is 7.56. The van der Waals surface area contributed by atoms with Crippen molar-refractivity contribution in [2.75, 3.05) is 7.11 Å². The van der Waals surface area contributed by atoms with Crippen molar-refractivity contribution in [3.63, 3.8) is 0 Å². The second-order valence-corrected chi connectivity index (χ2v) is 5.33. The van der Waals surface area contributed by atoms with E-state index in [0.717, 1.165) is 18.4 Å². The molecule has 0 bridgehead atoms. The van der Waals surface area contributed by atoms with Crippen LogP contribution in [0.25, 0.3) is 0 Å². The number of carboxylic acid groups (broad SMARTS) is 1. The lowest BCUT2D eigenvalue weighted by atomic mass is 10.2. The monoisotopic (exact) mass is 322 g/mol. The number of carbonyl (C=O) groups is 1. The molecule has 0 amide bonds. The summed E-state index contributed by atoms with van der Waals surface area (Å²) < 4.78 is 7.00. The zero-order valence-electron chi connectivity index (χ0n) is 12.7. The van der Waals surface area contributed by atoms with Gasteiger partial charge in [-0.05, 0) is 12.5 Å². The van der Waals surface area contributed by atoms with Crippen LogP contribution in [0.2, 0.25) is 5.15 Å². The fourth-order valence-corrected chi connectivity index (χ4v) is 2.65. The van der Waals surface area contributed by atoms with Crippen molar-refractivity contribution < 1.29 is 14.6 Å². The molecule has 0 aliphatic carbocycles. The summed E-state index contributed by atoms with van der Waals surface area (Å²) in [6.45, 7) is 2.44. The number of aromatic carboxylic acids is 1. The highest BCUT2D eigenvalue weighted by Crippen LogP contribution is 2.24. The topological polar surface area (TPSA) is 64.3 Å². The fraction of sp³-hybridized carbons (Fsp3) is 0.375. The predicted molar refractivity (Wildman–Crippen MR) is 84.9 cm³/mol. The Hall–Kier alpha value is -2.01. The maximum Gasteiger partial charge on any atom is 0.355 e. The second-order valence-electron chi connectivity index (χ2n) is 4.97. The molecule has 0 unspecified atom stereocenters. The Balaban J connectivity index is 2.45. The summed E-state index contributed by atoms with van der Waals surface area (Å²) in [5, 5.41) is 9.45. The fourth-order valence-electron chi connectivity index (χ4n) is 2.37. The Kier molecular flexibility index (Phi) is 5.44. The number of nitrogens with zero attached hydrogens (tertiary/aromatic N) is 2. The molecule has 2 rings (SSSR count). The van der Waals surface area contributed by atoms with E-state index in [-0.39, 0.29) is 10.8 Å². The average Bonchev–Trinajstić information content (AvgIpc) is 2.81. The molecular formula is C16H19ClN2O3. The molecule has 118 valence electrons. The minimum atomic E-state index is -1.07. The zero-order chi connectivity index (χ0) is 16.1. The molecule has 5 nitrogen and oxygen atoms in total. The van der Waals surface area contributed by atoms with Crippen LogP contribution >= 0.6 is 11.6 Å². The number of unbranched alkanes of at least 4 members (excludes halogenated alkanes) is 1. The van der Waals surface area contributed by atoms with E-state index in [1.54, 1.807) is 11.7 Å². The van der Waals surface area contributed by atoms with E-state index in [2.05, 4.69) is 11.9 Å². The highest BCUT2D eigenvalue weighted by Gasteiger charge is 2.22. The first kappa shape index (κ1) is 16.4. The zero-order valence-corrected chi connectivity index (χ0v) is 13.4. The number of rotatable bonds is 7. The number of carboxylic acids is 1. The van der Waals surface area contributed by atoms with Gasteiger partial charge in [-0.2, -0.15) is 0 Å². The lowest BCUT2D eigenvalue weighted by Crippen LogP contribution is -2.13. The van der Waals surface area contributed by atoms with Gasteiger partial charge in [-0.1, -0.05) is 43.1 Å². The summed E-state index contributed by atoms with van der Waals surface area (Å²) in [5.41, 5.74) is 0.915. The molecule has 1 N–H and O–H groups in total. The van der Waals surface area contributed by atoms with Gasteiger partial charge in [-0.15, -0.1) is 0 Å². The van der Waals surface area contributed by atoms with E-state index in [4.69, 9.17) is 16.3 Å². The number of aryl methyl sites for hydroxylation is 1. The Bertz CT molecular complexity index is 667. The van der Waals surface area contributed by atoms with Crippen LogP contribution in [-0.2, 0) is 13.0 Å². The number of methoxy groups -OCH3 is 1. The molecule has 1 aromatic carbocycles. The van der Waals surface area contributed by atoms with Crippen LogP contribution in [0.15, 0.2) is 24.3 Å². The molecule has 0 atom stereocenters. The van der Waals surface area contributed by atoms with Crippen molar-refractivity contribution in [2.24, 2.45) is 0 Å². The molecule has 0 saturated carbocycles. The standard InChI is InChI=1S/C16H19ClN2O3/c1-3-4-9-13-18-15(17)14(16(20)21)19(13)10-11-7-5-6-8-12(11)22-2/h5-8H,3-4,9-10H2,1-2H3,(H,20,21). The van der Waals surface area contributed by atoms with Crippen molar-refractivity contribution in [1.29, 1.82) is 0 Å². The van der Waals surface area contributed by atoms with Crippen LogP contribution in [0, 0.1) is 0 Å². The van der Waals surface area contributed by atoms with Crippen molar-refractivity contribution in [3.8, 4) is 5.75 Å². The van der Waals surface area contributed by atoms with Gasteiger partial charge in [-0.25, -0.2) is 9.78 Å². The Morgan fingerprint density at radius 2 is 2.14 bits per heavy atom. The van der Waals surface area contributed by atoms with Gasteiger partial charge in [0.25, 0.3) is 0 Å². The second kappa shape index (κ2) is 7.31. The molecule has 2 aromatic rings. The van der Waals surface area contributed by atoms with E-state index in [1.807, 2.05) is 24.3 Å². The molecular weight excluding hydrogens is 304 g/mol. The molecule has 1 aromatic heterocycles. The van der Waals surface area contributed by atoms with E-state index in [9.17, 15) is 9.90 Å². The summed E-state index contributed by atoms with van der Waals surface area (Å²) in [6, 6.07) is 7.52. The van der Waals surface area contributed by atoms with Gasteiger partial charge in [0.15, 0.2) is 10.8 Å². The third kappa shape index (κ3) is 3.42. The molecule has 0 radical (unpaired) electrons. The quantitative estimate of drug-likeness (QED) is 0.845. The predicted octanol–water partition coefficient (Wildman–Crippen LogP) is 3.63. The van der Waals surface area contributed by atoms with E-state index < -0.39 is 5.97 Å². The van der Waals surface area contributed by atoms with E-state index in [0.29, 0.717) is 24.5 Å². The van der Waals surface area contributed by atoms with Crippen molar-refractivity contribution in [3.05, 3.63) is 46.5 Å². The van der Waals surface area contributed by atoms with Gasteiger partial charge >= 0.3 is 5.97 Å². The molecule has 0 aliphatic rings. The highest BCUT2D eigenvalue weighted by molar-refractivity contribution is 6.32. The smallest absolute Gasteiger partial charge is 0.355 e. The van der Waals surface area contributed by atoms with Crippen LogP contribution in [0.4, 0.5) is 0 Å². The number of hydrogen-bond donors (Lipinski definition) is 1. The van der Waals surface area contributed by atoms with Gasteiger partial charge in [0.2, 0.25) is 0 Å². The summed E-state index contributed by atoms with van der Waals surface area (Å²) in [7, 11) is 1.59. The lowest BCUT2D eigenvalue weighted by Gasteiger charge is -2.13. The number of halogens is 1. The molecule has 0 aliphatic heterocycles. The van der Waals surface area contributed by atoms with Crippen LogP contribution < -0.4 is 4.74 Å². The minimum Gasteiger partial charge on any atom is -0.496 e. The molecule has 0 fully saturated rings. The van der Waals surface area contributed by atoms with Crippen LogP contribution in [-0.4, -0.2) is 27.7 Å². The lowest BCUT2D eigenvalue weighted by molar-refractivity contribution is 0.0685. The minimum absolute atomic E-state index is 0.0266. The van der Waals surface area contributed by atoms with Gasteiger partial charge in [0.1, 0.15) is 11.6 Å². The summed E-state index contributed by atoms with van der Waals surface area (Å²) in [4.78, 5) is 15.7. The largest absolute Gasteiger partial charge is 0.496 e. The average molecular weight is 323 g/mol. The number of hydrogen-bond acceptors (Lipinski definition) is 3. The maximum atomic E-state index is 11.5. The van der Waals surface area contributed by atoms with Gasteiger partial charge in [0, 0.05) is 12.0 Å². The summed E-state index contributed by atoms with van der Waals surface area (Å²) in [6.07, 6.45) is 2.62. The third-order valence-electron chi connectivity index (χ3n) is 3.48. The normalized spacial score (nSPS) is 10.7. The number of benzene rings is 1. The molecule has 6 heteroatoms. The number of para-hydroxylation sites is 1. The van der Waals surface area contributed by atoms with Gasteiger partial charge in [0.05, 0.1) is 13.7 Å². The van der Waals surface area contributed by atoms with Gasteiger partial charge < -0.3 is 14.4 Å². The number of ether oxygens (including phenoxy) is 1. The maximum absolute atomic E-state index is 11.5. The Morgan fingerprint density at radius 3 is 2.77 bits per heavy atom. The molecule has 22 heavy (non-hydrogen) atoms. The SMILES string of the molecule is CCCCc1nc(Cl)c(C(=O)O)n1Cc1ccccc1OC. The van der Waals surface area contributed by atoms with Crippen molar-refractivity contribution >= 4 is 17.6 Å². The van der Waals surface area contributed by atoms with Crippen molar-refractivity contribution in [2.45, 2.75) is 32.7 Å². The molecule has 1 heterocycles. The number of imidazole rings is 1. The Labute approximate surface area is 134 Å². The molecule has 0 spiro atoms. The molecule has 0 saturated heterocycles. The first-order valence-electron chi connectivity index (χ1n) is 7.18. The van der Waals surface area contributed by atoms with E-state index in [1.165, 1.54) is 0 Å². The highest BCUT2D eigenvalue weighted by atomic mass is 35.5. The summed E-state index contributed by atoms with van der Waals surface area (Å²) in [5.74, 6) is 0.329.